The number of aliphatic hydroxyl groups is 1. The van der Waals surface area contributed by atoms with Crippen molar-refractivity contribution in [3.8, 4) is 0 Å². The largest absolute Gasteiger partial charge is 0.466 e. The Morgan fingerprint density at radius 1 is 1.24 bits per heavy atom. The molecule has 0 aromatic heterocycles. The summed E-state index contributed by atoms with van der Waals surface area (Å²) in [7, 11) is 0. The fourth-order valence-corrected chi connectivity index (χ4v) is 6.86. The van der Waals surface area contributed by atoms with E-state index in [1.807, 2.05) is 4.90 Å². The predicted octanol–water partition coefficient (Wildman–Crippen LogP) is 2.43. The number of aliphatic hydroxyl groups excluding tert-OH is 1. The highest BCUT2D eigenvalue weighted by atomic mass is 16.6. The van der Waals surface area contributed by atoms with Gasteiger partial charge in [-0.1, -0.05) is 25.3 Å². The first-order chi connectivity index (χ1) is 16.5. The SMILES string of the molecule is C=CCN(C(=O)C1N(CCCCCO)C(=O)[C@@H]2[C@@H](C(=O)OCC)[C@H]3CCC12O3)C1CCCCC1. The number of carbonyl (C=O) groups excluding carboxylic acids is 3. The van der Waals surface area contributed by atoms with Crippen molar-refractivity contribution in [3.63, 3.8) is 0 Å². The van der Waals surface area contributed by atoms with Crippen molar-refractivity contribution in [2.24, 2.45) is 11.8 Å². The molecule has 8 heteroatoms. The number of hydrogen-bond donors (Lipinski definition) is 1. The average molecular weight is 477 g/mol. The number of unbranched alkanes of at least 4 members (excludes halogenated alkanes) is 2. The number of hydrogen-bond acceptors (Lipinski definition) is 6. The molecule has 8 nitrogen and oxygen atoms in total. The Bertz CT molecular complexity index is 781. The number of carbonyl (C=O) groups is 3. The Morgan fingerprint density at radius 3 is 2.68 bits per heavy atom. The van der Waals surface area contributed by atoms with Crippen LogP contribution in [-0.2, 0) is 23.9 Å². The Balaban J connectivity index is 1.66. The molecule has 3 saturated heterocycles. The van der Waals surface area contributed by atoms with E-state index in [1.165, 1.54) is 6.42 Å². The minimum absolute atomic E-state index is 0.0741. The van der Waals surface area contributed by atoms with Crippen molar-refractivity contribution in [1.82, 2.24) is 9.80 Å². The van der Waals surface area contributed by atoms with Crippen molar-refractivity contribution in [1.29, 1.82) is 0 Å². The van der Waals surface area contributed by atoms with Crippen LogP contribution in [0.3, 0.4) is 0 Å². The van der Waals surface area contributed by atoms with Crippen LogP contribution in [0.4, 0.5) is 0 Å². The molecule has 0 aromatic rings. The Kier molecular flexibility index (Phi) is 7.97. The van der Waals surface area contributed by atoms with Crippen molar-refractivity contribution in [3.05, 3.63) is 12.7 Å². The third kappa shape index (κ3) is 4.28. The lowest BCUT2D eigenvalue weighted by molar-refractivity contribution is -0.155. The van der Waals surface area contributed by atoms with Crippen molar-refractivity contribution >= 4 is 17.8 Å². The van der Waals surface area contributed by atoms with Gasteiger partial charge in [-0.3, -0.25) is 14.4 Å². The molecule has 3 aliphatic heterocycles. The normalized spacial score (nSPS) is 32.6. The molecular formula is C26H40N2O6. The van der Waals surface area contributed by atoms with Gasteiger partial charge >= 0.3 is 5.97 Å². The quantitative estimate of drug-likeness (QED) is 0.280. The van der Waals surface area contributed by atoms with Gasteiger partial charge in [-0.25, -0.2) is 0 Å². The molecule has 34 heavy (non-hydrogen) atoms. The van der Waals surface area contributed by atoms with Gasteiger partial charge in [0.1, 0.15) is 11.6 Å². The number of ether oxygens (including phenoxy) is 2. The lowest BCUT2D eigenvalue weighted by Crippen LogP contribution is -2.58. The van der Waals surface area contributed by atoms with Crippen LogP contribution >= 0.6 is 0 Å². The highest BCUT2D eigenvalue weighted by Crippen LogP contribution is 2.59. The van der Waals surface area contributed by atoms with Crippen LogP contribution in [0.5, 0.6) is 0 Å². The molecule has 2 amide bonds. The third-order valence-corrected chi connectivity index (χ3v) is 8.27. The maximum absolute atomic E-state index is 14.3. The van der Waals surface area contributed by atoms with E-state index in [0.717, 1.165) is 32.1 Å². The molecular weight excluding hydrogens is 436 g/mol. The summed E-state index contributed by atoms with van der Waals surface area (Å²) in [6.07, 6.45) is 10.0. The summed E-state index contributed by atoms with van der Waals surface area (Å²) < 4.78 is 11.8. The molecule has 4 rings (SSSR count). The van der Waals surface area contributed by atoms with Gasteiger partial charge in [0.15, 0.2) is 0 Å². The summed E-state index contributed by atoms with van der Waals surface area (Å²) in [6.45, 7) is 6.86. The molecule has 0 aromatic carbocycles. The third-order valence-electron chi connectivity index (χ3n) is 8.27. The van der Waals surface area contributed by atoms with Gasteiger partial charge in [0.05, 0.1) is 24.5 Å². The first-order valence-electron chi connectivity index (χ1n) is 13.2. The van der Waals surface area contributed by atoms with E-state index in [1.54, 1.807) is 17.9 Å². The van der Waals surface area contributed by atoms with Crippen LogP contribution in [-0.4, -0.2) is 82.8 Å². The molecule has 190 valence electrons. The van der Waals surface area contributed by atoms with E-state index in [-0.39, 0.29) is 37.2 Å². The Morgan fingerprint density at radius 2 is 2.00 bits per heavy atom. The minimum atomic E-state index is -0.971. The number of amides is 2. The van der Waals surface area contributed by atoms with Gasteiger partial charge in [0.2, 0.25) is 11.8 Å². The second-order valence-electron chi connectivity index (χ2n) is 10.2. The van der Waals surface area contributed by atoms with E-state index in [4.69, 9.17) is 14.6 Å². The van der Waals surface area contributed by atoms with E-state index in [2.05, 4.69) is 6.58 Å². The Labute approximate surface area is 202 Å². The van der Waals surface area contributed by atoms with Crippen LogP contribution in [0.25, 0.3) is 0 Å². The predicted molar refractivity (Wildman–Crippen MR) is 126 cm³/mol. The zero-order valence-corrected chi connectivity index (χ0v) is 20.5. The smallest absolute Gasteiger partial charge is 0.312 e. The van der Waals surface area contributed by atoms with Crippen molar-refractivity contribution < 1.29 is 29.0 Å². The van der Waals surface area contributed by atoms with Gasteiger partial charge in [-0.05, 0) is 51.9 Å². The second-order valence-corrected chi connectivity index (χ2v) is 10.2. The lowest BCUT2D eigenvalue weighted by atomic mass is 9.70. The van der Waals surface area contributed by atoms with Gasteiger partial charge in [0, 0.05) is 25.7 Å². The van der Waals surface area contributed by atoms with E-state index >= 15 is 0 Å². The molecule has 4 fully saturated rings. The molecule has 0 radical (unpaired) electrons. The number of rotatable bonds is 11. The van der Waals surface area contributed by atoms with Crippen molar-refractivity contribution in [2.45, 2.75) is 94.9 Å². The monoisotopic (exact) mass is 476 g/mol. The fraction of sp³-hybridized carbons (Fsp3) is 0.808. The summed E-state index contributed by atoms with van der Waals surface area (Å²) in [6, 6.07) is -0.592. The van der Waals surface area contributed by atoms with Crippen molar-refractivity contribution in [2.75, 3.05) is 26.3 Å². The molecule has 1 spiro atoms. The van der Waals surface area contributed by atoms with Gasteiger partial charge < -0.3 is 24.4 Å². The zero-order valence-electron chi connectivity index (χ0n) is 20.5. The molecule has 1 saturated carbocycles. The van der Waals surface area contributed by atoms with Crippen LogP contribution in [0.2, 0.25) is 0 Å². The minimum Gasteiger partial charge on any atom is -0.466 e. The Hall–Kier alpha value is -1.93. The topological polar surface area (TPSA) is 96.4 Å². The van der Waals surface area contributed by atoms with E-state index < -0.39 is 29.4 Å². The maximum atomic E-state index is 14.3. The van der Waals surface area contributed by atoms with Crippen LogP contribution in [0, 0.1) is 11.8 Å². The summed E-state index contributed by atoms with van der Waals surface area (Å²) in [5.74, 6) is -1.95. The van der Waals surface area contributed by atoms with E-state index in [9.17, 15) is 14.4 Å². The molecule has 5 atom stereocenters. The first kappa shape index (κ1) is 25.2. The van der Waals surface area contributed by atoms with E-state index in [0.29, 0.717) is 38.8 Å². The zero-order chi connectivity index (χ0) is 24.3. The average Bonchev–Trinajstić information content (AvgIpc) is 3.48. The van der Waals surface area contributed by atoms with Crippen LogP contribution < -0.4 is 0 Å². The first-order valence-corrected chi connectivity index (χ1v) is 13.2. The summed E-state index contributed by atoms with van der Waals surface area (Å²) >= 11 is 0. The summed E-state index contributed by atoms with van der Waals surface area (Å²) in [5.41, 5.74) is -0.971. The maximum Gasteiger partial charge on any atom is 0.312 e. The molecule has 1 N–H and O–H groups in total. The van der Waals surface area contributed by atoms with Gasteiger partial charge in [-0.15, -0.1) is 6.58 Å². The number of likely N-dealkylation sites (tertiary alicyclic amines) is 1. The van der Waals surface area contributed by atoms with Crippen LogP contribution in [0.1, 0.15) is 71.1 Å². The lowest BCUT2D eigenvalue weighted by Gasteiger charge is -2.40. The summed E-state index contributed by atoms with van der Waals surface area (Å²) in [4.78, 5) is 44.6. The second kappa shape index (κ2) is 10.8. The standard InChI is InChI=1S/C26H40N2O6/c1-3-15-27(18-11-7-5-8-12-18)24(31)22-26-14-13-19(34-26)20(25(32)33-4-2)21(26)23(30)28(22)16-9-6-10-17-29/h3,18-22,29H,1,4-17H2,2H3/t19-,20+,21+,22?,26?/m1/s1. The highest BCUT2D eigenvalue weighted by molar-refractivity contribution is 5.98. The highest BCUT2D eigenvalue weighted by Gasteiger charge is 2.75. The molecule has 2 bridgehead atoms. The number of nitrogens with zero attached hydrogens (tertiary/aromatic N) is 2. The molecule has 1 aliphatic carbocycles. The fourth-order valence-electron chi connectivity index (χ4n) is 6.86. The number of fused-ring (bicyclic) bond motifs is 1. The molecule has 3 heterocycles. The van der Waals surface area contributed by atoms with Crippen LogP contribution in [0.15, 0.2) is 12.7 Å². The van der Waals surface area contributed by atoms with Gasteiger partial charge in [0.25, 0.3) is 0 Å². The molecule has 4 aliphatic rings. The summed E-state index contributed by atoms with van der Waals surface area (Å²) in [5, 5.41) is 9.17. The number of esters is 1. The van der Waals surface area contributed by atoms with Gasteiger partial charge in [-0.2, -0.15) is 0 Å². The molecule has 2 unspecified atom stereocenters.